The van der Waals surface area contributed by atoms with Crippen molar-refractivity contribution in [2.45, 2.75) is 118 Å². The minimum Gasteiger partial charge on any atom is -0.462 e. The van der Waals surface area contributed by atoms with Crippen LogP contribution >= 0.6 is 0 Å². The molecule has 4 heteroatoms. The fourth-order valence-corrected chi connectivity index (χ4v) is 11.1. The molecule has 4 nitrogen and oxygen atoms in total. The molecule has 0 bridgehead atoms. The van der Waals surface area contributed by atoms with Crippen molar-refractivity contribution in [2.24, 2.45) is 51.2 Å². The molecule has 5 fully saturated rings. The standard InChI is InChI=1S/C29H48O4/c1-8-25(3)13-9-14-26(4)21(25)12-15-27(5)22-11-10-19-20(17-32-29(19,7)31)28(22,6)24(16-23(26)27)33-18(2)30/h19-24,31H,8-17H2,1-7H3/t19-,20+,21+,22+,23-,24+,25+,26+,27+,28-,29-/m1/s1. The molecule has 0 aromatic carbocycles. The third kappa shape index (κ3) is 3.11. The number of rotatable bonds is 2. The Balaban J connectivity index is 1.59. The van der Waals surface area contributed by atoms with Crippen molar-refractivity contribution >= 4 is 5.97 Å². The van der Waals surface area contributed by atoms with Gasteiger partial charge in [0.2, 0.25) is 0 Å². The van der Waals surface area contributed by atoms with Gasteiger partial charge in [-0.25, -0.2) is 0 Å². The average Bonchev–Trinajstić information content (AvgIpc) is 3.04. The van der Waals surface area contributed by atoms with Gasteiger partial charge in [0.25, 0.3) is 0 Å². The highest BCUT2D eigenvalue weighted by molar-refractivity contribution is 5.66. The molecule has 1 aliphatic heterocycles. The van der Waals surface area contributed by atoms with Crippen LogP contribution < -0.4 is 0 Å². The number of ether oxygens (including phenoxy) is 2. The zero-order chi connectivity index (χ0) is 24.0. The van der Waals surface area contributed by atoms with E-state index >= 15 is 0 Å². The molecule has 0 radical (unpaired) electrons. The lowest BCUT2D eigenvalue weighted by molar-refractivity contribution is -0.259. The zero-order valence-electron chi connectivity index (χ0n) is 22.2. The lowest BCUT2D eigenvalue weighted by Gasteiger charge is -2.71. The maximum absolute atomic E-state index is 12.4. The summed E-state index contributed by atoms with van der Waals surface area (Å²) in [6.07, 6.45) is 10.9. The van der Waals surface area contributed by atoms with E-state index in [-0.39, 0.29) is 34.7 Å². The second kappa shape index (κ2) is 7.45. The van der Waals surface area contributed by atoms with Gasteiger partial charge in [-0.1, -0.05) is 47.5 Å². The van der Waals surface area contributed by atoms with Crippen molar-refractivity contribution < 1.29 is 19.4 Å². The highest BCUT2D eigenvalue weighted by atomic mass is 16.6. The van der Waals surface area contributed by atoms with Crippen molar-refractivity contribution in [1.29, 1.82) is 0 Å². The first-order valence-corrected chi connectivity index (χ1v) is 13.9. The van der Waals surface area contributed by atoms with Gasteiger partial charge in [0.05, 0.1) is 6.61 Å². The van der Waals surface area contributed by atoms with Gasteiger partial charge < -0.3 is 14.6 Å². The number of carbonyl (C=O) groups is 1. The summed E-state index contributed by atoms with van der Waals surface area (Å²) in [4.78, 5) is 12.4. The summed E-state index contributed by atoms with van der Waals surface area (Å²) in [7, 11) is 0. The van der Waals surface area contributed by atoms with Gasteiger partial charge in [0.15, 0.2) is 5.79 Å². The zero-order valence-corrected chi connectivity index (χ0v) is 22.2. The van der Waals surface area contributed by atoms with Gasteiger partial charge in [-0.3, -0.25) is 4.79 Å². The molecular formula is C29H48O4. The van der Waals surface area contributed by atoms with Crippen LogP contribution in [0.25, 0.3) is 0 Å². The van der Waals surface area contributed by atoms with Crippen LogP contribution in [-0.4, -0.2) is 29.6 Å². The molecule has 5 rings (SSSR count). The summed E-state index contributed by atoms with van der Waals surface area (Å²) in [5, 5.41) is 11.0. The number of aliphatic hydroxyl groups is 1. The Labute approximate surface area is 201 Å². The fourth-order valence-electron chi connectivity index (χ4n) is 11.1. The van der Waals surface area contributed by atoms with Crippen LogP contribution in [0, 0.1) is 51.2 Å². The van der Waals surface area contributed by atoms with Gasteiger partial charge in [0.1, 0.15) is 6.10 Å². The van der Waals surface area contributed by atoms with Gasteiger partial charge in [-0.15, -0.1) is 0 Å². The van der Waals surface area contributed by atoms with Crippen LogP contribution in [-0.2, 0) is 14.3 Å². The molecule has 4 aliphatic carbocycles. The summed E-state index contributed by atoms with van der Waals surface area (Å²) in [6, 6.07) is 0. The fraction of sp³-hybridized carbons (Fsp3) is 0.966. The van der Waals surface area contributed by atoms with Gasteiger partial charge >= 0.3 is 5.97 Å². The van der Waals surface area contributed by atoms with Crippen LogP contribution in [0.15, 0.2) is 0 Å². The second-order valence-electron chi connectivity index (χ2n) is 13.9. The molecule has 0 spiro atoms. The molecule has 11 atom stereocenters. The summed E-state index contributed by atoms with van der Waals surface area (Å²) in [5.41, 5.74) is 0.847. The van der Waals surface area contributed by atoms with Crippen LogP contribution in [0.5, 0.6) is 0 Å². The minimum atomic E-state index is -1.06. The van der Waals surface area contributed by atoms with Crippen molar-refractivity contribution in [2.75, 3.05) is 6.61 Å². The molecule has 33 heavy (non-hydrogen) atoms. The van der Waals surface area contributed by atoms with E-state index in [1.54, 1.807) is 6.92 Å². The van der Waals surface area contributed by atoms with Crippen molar-refractivity contribution in [3.63, 3.8) is 0 Å². The Morgan fingerprint density at radius 2 is 1.64 bits per heavy atom. The Morgan fingerprint density at radius 3 is 2.30 bits per heavy atom. The molecule has 4 saturated carbocycles. The number of fused-ring (bicyclic) bond motifs is 7. The first-order chi connectivity index (χ1) is 15.3. The molecule has 188 valence electrons. The molecule has 0 amide bonds. The second-order valence-corrected chi connectivity index (χ2v) is 13.9. The molecule has 1 N–H and O–H groups in total. The maximum atomic E-state index is 12.4. The monoisotopic (exact) mass is 460 g/mol. The molecule has 0 unspecified atom stereocenters. The lowest BCUT2D eigenvalue weighted by Crippen LogP contribution is -2.68. The third-order valence-electron chi connectivity index (χ3n) is 12.8. The summed E-state index contributed by atoms with van der Waals surface area (Å²) in [5.74, 6) is 0.990. The quantitative estimate of drug-likeness (QED) is 0.488. The Kier molecular flexibility index (Phi) is 5.44. The van der Waals surface area contributed by atoms with Gasteiger partial charge in [-0.2, -0.15) is 0 Å². The SMILES string of the molecule is CC[C@@]1(C)CCC[C@]2(C)[C@H]3C[C@H](OC(C)=O)[C@]4(C)[C@H]5CO[C@@](C)(O)[C@@H]5CC[C@H]4[C@]3(C)CC[C@@H]12. The molecule has 5 aliphatic rings. The molecule has 0 aromatic rings. The van der Waals surface area contributed by atoms with E-state index in [4.69, 9.17) is 9.47 Å². The minimum absolute atomic E-state index is 0.0891. The first kappa shape index (κ1) is 24.1. The van der Waals surface area contributed by atoms with Crippen LogP contribution in [0.4, 0.5) is 0 Å². The summed E-state index contributed by atoms with van der Waals surface area (Å²) in [6.45, 7) is 16.5. The van der Waals surface area contributed by atoms with Gasteiger partial charge in [0, 0.05) is 18.3 Å². The van der Waals surface area contributed by atoms with E-state index in [0.717, 1.165) is 25.2 Å². The van der Waals surface area contributed by atoms with Crippen LogP contribution in [0.1, 0.15) is 106 Å². The van der Waals surface area contributed by atoms with Crippen LogP contribution in [0.2, 0.25) is 0 Å². The maximum Gasteiger partial charge on any atom is 0.302 e. The molecular weight excluding hydrogens is 412 g/mol. The highest BCUT2D eigenvalue weighted by Gasteiger charge is 2.71. The predicted octanol–water partition coefficient (Wildman–Crippen LogP) is 6.35. The first-order valence-electron chi connectivity index (χ1n) is 13.9. The highest BCUT2D eigenvalue weighted by Crippen LogP contribution is 2.75. The van der Waals surface area contributed by atoms with E-state index in [1.807, 2.05) is 6.92 Å². The Bertz CT molecular complexity index is 807. The number of esters is 1. The van der Waals surface area contributed by atoms with Crippen molar-refractivity contribution in [3.8, 4) is 0 Å². The molecule has 0 aromatic heterocycles. The third-order valence-corrected chi connectivity index (χ3v) is 12.8. The average molecular weight is 461 g/mol. The number of hydrogen-bond donors (Lipinski definition) is 1. The smallest absolute Gasteiger partial charge is 0.302 e. The van der Waals surface area contributed by atoms with Crippen molar-refractivity contribution in [1.82, 2.24) is 0 Å². The van der Waals surface area contributed by atoms with E-state index in [1.165, 1.54) is 38.5 Å². The Morgan fingerprint density at radius 1 is 0.939 bits per heavy atom. The number of hydrogen-bond acceptors (Lipinski definition) is 4. The van der Waals surface area contributed by atoms with E-state index < -0.39 is 5.79 Å². The predicted molar refractivity (Wildman–Crippen MR) is 129 cm³/mol. The topological polar surface area (TPSA) is 55.8 Å². The van der Waals surface area contributed by atoms with Crippen molar-refractivity contribution in [3.05, 3.63) is 0 Å². The Hall–Kier alpha value is -0.610. The number of carbonyl (C=O) groups excluding carboxylic acids is 1. The van der Waals surface area contributed by atoms with Gasteiger partial charge in [-0.05, 0) is 91.8 Å². The summed E-state index contributed by atoms with van der Waals surface area (Å²) >= 11 is 0. The lowest BCUT2D eigenvalue weighted by atomic mass is 9.34. The van der Waals surface area contributed by atoms with E-state index in [2.05, 4.69) is 34.6 Å². The normalized spacial score (nSPS) is 57.9. The molecule has 1 saturated heterocycles. The summed E-state index contributed by atoms with van der Waals surface area (Å²) < 4.78 is 12.2. The molecule has 1 heterocycles. The largest absolute Gasteiger partial charge is 0.462 e. The van der Waals surface area contributed by atoms with E-state index in [9.17, 15) is 9.90 Å². The van der Waals surface area contributed by atoms with E-state index in [0.29, 0.717) is 29.3 Å². The van der Waals surface area contributed by atoms with Crippen LogP contribution in [0.3, 0.4) is 0 Å².